The van der Waals surface area contributed by atoms with Crippen molar-refractivity contribution in [3.8, 4) is 0 Å². The van der Waals surface area contributed by atoms with Crippen LogP contribution in [0.25, 0.3) is 0 Å². The van der Waals surface area contributed by atoms with Crippen LogP contribution < -0.4 is 21.8 Å². The molecule has 1 rings (SSSR count). The Labute approximate surface area is 141 Å². The molecule has 9 heteroatoms. The van der Waals surface area contributed by atoms with Gasteiger partial charge in [0.05, 0.1) is 12.5 Å². The van der Waals surface area contributed by atoms with Crippen LogP contribution in [-0.2, 0) is 25.8 Å². The van der Waals surface area contributed by atoms with Gasteiger partial charge >= 0.3 is 0 Å². The van der Waals surface area contributed by atoms with Crippen molar-refractivity contribution in [2.75, 3.05) is 5.32 Å². The maximum absolute atomic E-state index is 12.0. The Balaban J connectivity index is 2.60. The Morgan fingerprint density at radius 1 is 1.25 bits per heavy atom. The van der Waals surface area contributed by atoms with E-state index in [4.69, 9.17) is 13.7 Å². The number of rotatable bonds is 9. The van der Waals surface area contributed by atoms with Gasteiger partial charge in [0.1, 0.15) is 13.9 Å². The summed E-state index contributed by atoms with van der Waals surface area (Å²) in [7, 11) is 5.68. The Morgan fingerprint density at radius 3 is 2.38 bits per heavy atom. The van der Waals surface area contributed by atoms with E-state index in [9.17, 15) is 14.4 Å². The average Bonchev–Trinajstić information content (AvgIpc) is 2.54. The molecule has 0 saturated carbocycles. The third-order valence-electron chi connectivity index (χ3n) is 3.25. The highest BCUT2D eigenvalue weighted by Gasteiger charge is 2.24. The number of benzene rings is 1. The van der Waals surface area contributed by atoms with Crippen molar-refractivity contribution in [1.82, 2.24) is 10.6 Å². The van der Waals surface area contributed by atoms with E-state index in [1.807, 2.05) is 0 Å². The Kier molecular flexibility index (Phi) is 7.94. The lowest BCUT2D eigenvalue weighted by molar-refractivity contribution is -0.128. The first-order valence-corrected chi connectivity index (χ1v) is 7.36. The van der Waals surface area contributed by atoms with Crippen LogP contribution in [0.4, 0.5) is 5.69 Å². The third-order valence-corrected chi connectivity index (χ3v) is 3.25. The normalized spacial score (nSPS) is 13.0. The number of amides is 3. The number of hydrogen-bond donors (Lipinski definition) is 4. The summed E-state index contributed by atoms with van der Waals surface area (Å²) in [5.74, 6) is 2.46. The fourth-order valence-corrected chi connectivity index (χ4v) is 1.95. The van der Waals surface area contributed by atoms with Crippen LogP contribution in [0, 0.1) is 5.92 Å². The van der Waals surface area contributed by atoms with E-state index in [1.165, 1.54) is 0 Å². The van der Waals surface area contributed by atoms with Crippen LogP contribution >= 0.6 is 0 Å². The molecule has 128 valence electrons. The minimum atomic E-state index is -1.25. The molecule has 0 aliphatic carbocycles. The van der Waals surface area contributed by atoms with Crippen LogP contribution in [0.1, 0.15) is 19.4 Å². The molecule has 0 bridgehead atoms. The minimum absolute atomic E-state index is 0.150. The van der Waals surface area contributed by atoms with Crippen LogP contribution in [0.5, 0.6) is 0 Å². The maximum Gasteiger partial charge on any atom is 0.242 e. The van der Waals surface area contributed by atoms with E-state index in [0.717, 1.165) is 5.56 Å². The molecule has 24 heavy (non-hydrogen) atoms. The Hall–Kier alpha value is -2.39. The zero-order valence-corrected chi connectivity index (χ0v) is 13.6. The van der Waals surface area contributed by atoms with Crippen LogP contribution in [0.2, 0.25) is 0 Å². The number of carbonyl (C=O) groups is 3. The van der Waals surface area contributed by atoms with Crippen molar-refractivity contribution in [2.45, 2.75) is 32.4 Å². The van der Waals surface area contributed by atoms with E-state index in [-0.39, 0.29) is 12.5 Å². The monoisotopic (exact) mass is 332 g/mol. The standard InChI is InChI=1S/C15H21BN4O4/c1-9(2)12(18-8-21)14(22)20-13(16)15(23)19-11-5-3-10(4-6-11)7-24-17/h3-6,8-9,12-13H,7,17H2,1-2H3,(H,18,21)(H,19,23)(H,20,22)/t12?,13-/m1/s1. The topological polar surface area (TPSA) is 123 Å². The van der Waals surface area contributed by atoms with Crippen molar-refractivity contribution in [2.24, 2.45) is 11.8 Å². The average molecular weight is 332 g/mol. The molecule has 1 aromatic carbocycles. The molecule has 5 N–H and O–H groups in total. The highest BCUT2D eigenvalue weighted by atomic mass is 16.6. The highest BCUT2D eigenvalue weighted by Crippen LogP contribution is 2.10. The van der Waals surface area contributed by atoms with Gasteiger partial charge in [-0.15, -0.1) is 0 Å². The van der Waals surface area contributed by atoms with Gasteiger partial charge < -0.3 is 16.0 Å². The summed E-state index contributed by atoms with van der Waals surface area (Å²) in [5, 5.41) is 7.33. The highest BCUT2D eigenvalue weighted by molar-refractivity contribution is 6.27. The Morgan fingerprint density at radius 2 is 1.88 bits per heavy atom. The van der Waals surface area contributed by atoms with E-state index < -0.39 is 23.8 Å². The molecule has 0 aliphatic heterocycles. The smallest absolute Gasteiger partial charge is 0.242 e. The maximum atomic E-state index is 12.0. The quantitative estimate of drug-likeness (QED) is 0.273. The minimum Gasteiger partial charge on any atom is -0.351 e. The second-order valence-electron chi connectivity index (χ2n) is 5.49. The van der Waals surface area contributed by atoms with Gasteiger partial charge in [0, 0.05) is 5.69 Å². The third kappa shape index (κ3) is 6.02. The van der Waals surface area contributed by atoms with Gasteiger partial charge in [0.15, 0.2) is 0 Å². The van der Waals surface area contributed by atoms with E-state index in [1.54, 1.807) is 38.1 Å². The molecule has 2 radical (unpaired) electrons. The zero-order valence-electron chi connectivity index (χ0n) is 13.6. The lowest BCUT2D eigenvalue weighted by Crippen LogP contribution is -2.53. The lowest BCUT2D eigenvalue weighted by atomic mass is 9.94. The zero-order chi connectivity index (χ0) is 18.1. The molecule has 8 nitrogen and oxygen atoms in total. The first-order valence-electron chi connectivity index (χ1n) is 7.36. The molecular weight excluding hydrogens is 311 g/mol. The van der Waals surface area contributed by atoms with Crippen molar-refractivity contribution >= 4 is 31.8 Å². The van der Waals surface area contributed by atoms with Gasteiger partial charge in [-0.3, -0.25) is 19.2 Å². The second kappa shape index (κ2) is 9.69. The Bertz CT molecular complexity index is 565. The molecule has 3 amide bonds. The van der Waals surface area contributed by atoms with Gasteiger partial charge in [-0.1, -0.05) is 26.0 Å². The summed E-state index contributed by atoms with van der Waals surface area (Å²) in [6.45, 7) is 3.78. The molecule has 0 fully saturated rings. The first kappa shape index (κ1) is 19.7. The largest absolute Gasteiger partial charge is 0.351 e. The number of anilines is 1. The number of carbonyl (C=O) groups excluding carboxylic acids is 3. The van der Waals surface area contributed by atoms with Crippen molar-refractivity contribution < 1.29 is 19.2 Å². The molecule has 2 atom stereocenters. The fraction of sp³-hybridized carbons (Fsp3) is 0.400. The first-order chi connectivity index (χ1) is 11.4. The van der Waals surface area contributed by atoms with Gasteiger partial charge in [0.2, 0.25) is 18.2 Å². The van der Waals surface area contributed by atoms with Crippen LogP contribution in [0.15, 0.2) is 24.3 Å². The van der Waals surface area contributed by atoms with Gasteiger partial charge in [-0.25, -0.2) is 5.90 Å². The summed E-state index contributed by atoms with van der Waals surface area (Å²) < 4.78 is 0. The summed E-state index contributed by atoms with van der Waals surface area (Å²) in [6, 6.07) is 6.01. The fourth-order valence-electron chi connectivity index (χ4n) is 1.95. The van der Waals surface area contributed by atoms with E-state index in [2.05, 4.69) is 20.8 Å². The number of nitrogens with two attached hydrogens (primary N) is 1. The molecule has 0 aromatic heterocycles. The van der Waals surface area contributed by atoms with Crippen LogP contribution in [-0.4, -0.2) is 38.1 Å². The molecule has 0 heterocycles. The lowest BCUT2D eigenvalue weighted by Gasteiger charge is -2.22. The molecule has 1 aromatic rings. The van der Waals surface area contributed by atoms with E-state index >= 15 is 0 Å². The van der Waals surface area contributed by atoms with Crippen LogP contribution in [0.3, 0.4) is 0 Å². The van der Waals surface area contributed by atoms with Crippen molar-refractivity contribution in [1.29, 1.82) is 0 Å². The second-order valence-corrected chi connectivity index (χ2v) is 5.49. The van der Waals surface area contributed by atoms with Crippen molar-refractivity contribution in [3.63, 3.8) is 0 Å². The summed E-state index contributed by atoms with van der Waals surface area (Å²) in [5.41, 5.74) is 1.35. The number of nitrogens with one attached hydrogen (secondary N) is 3. The van der Waals surface area contributed by atoms with Gasteiger partial charge in [-0.05, 0) is 23.6 Å². The summed E-state index contributed by atoms with van der Waals surface area (Å²) in [4.78, 5) is 39.1. The summed E-state index contributed by atoms with van der Waals surface area (Å²) in [6.07, 6.45) is 0.433. The van der Waals surface area contributed by atoms with Gasteiger partial charge in [-0.2, -0.15) is 0 Å². The predicted octanol–water partition coefficient (Wildman–Crippen LogP) is -0.603. The van der Waals surface area contributed by atoms with Crippen molar-refractivity contribution in [3.05, 3.63) is 29.8 Å². The molecule has 0 spiro atoms. The SMILES string of the molecule is [B][C@H](NC(=O)C(NC=O)C(C)C)C(=O)Nc1ccc(CON)cc1. The molecule has 0 aliphatic rings. The van der Waals surface area contributed by atoms with Gasteiger partial charge in [0.25, 0.3) is 0 Å². The molecule has 0 saturated heterocycles. The number of hydrogen-bond acceptors (Lipinski definition) is 5. The molecule has 1 unspecified atom stereocenters. The van der Waals surface area contributed by atoms with E-state index in [0.29, 0.717) is 12.1 Å². The summed E-state index contributed by atoms with van der Waals surface area (Å²) >= 11 is 0. The molecular formula is C15H21BN4O4. The predicted molar refractivity (Wildman–Crippen MR) is 89.6 cm³/mol.